The van der Waals surface area contributed by atoms with Crippen LogP contribution in [0.15, 0.2) is 249 Å². The highest BCUT2D eigenvalue weighted by Crippen LogP contribution is 2.40. The van der Waals surface area contributed by atoms with Gasteiger partial charge in [-0.3, -0.25) is 0 Å². The van der Waals surface area contributed by atoms with E-state index in [2.05, 4.69) is 238 Å². The summed E-state index contributed by atoms with van der Waals surface area (Å²) in [5.41, 5.74) is 17.4. The van der Waals surface area contributed by atoms with Gasteiger partial charge in [0.05, 0.1) is 44.5 Å². The highest BCUT2D eigenvalue weighted by molar-refractivity contribution is 6.13. The average Bonchev–Trinajstić information content (AvgIpc) is 4.07. The highest BCUT2D eigenvalue weighted by atomic mass is 15.0. The Balaban J connectivity index is 0.969. The molecule has 0 aliphatic carbocycles. The Bertz CT molecular complexity index is 4130. The second kappa shape index (κ2) is 15.7. The summed E-state index contributed by atoms with van der Waals surface area (Å²) in [6.07, 6.45) is 0. The Morgan fingerprint density at radius 1 is 0.217 bits per heavy atom. The Kier molecular flexibility index (Phi) is 8.83. The van der Waals surface area contributed by atoms with Crippen molar-refractivity contribution in [1.82, 2.24) is 23.7 Å². The molecule has 0 bridgehead atoms. The number of rotatable bonds is 7. The Labute approximate surface area is 398 Å². The maximum atomic E-state index is 5.15. The van der Waals surface area contributed by atoms with Crippen LogP contribution in [0.4, 0.5) is 0 Å². The quantitative estimate of drug-likeness (QED) is 0.160. The zero-order chi connectivity index (χ0) is 45.4. The summed E-state index contributed by atoms with van der Waals surface area (Å²) in [6, 6.07) is 89.4. The van der Waals surface area contributed by atoms with Crippen molar-refractivity contribution < 1.29 is 0 Å². The van der Waals surface area contributed by atoms with Crippen LogP contribution in [-0.4, -0.2) is 23.7 Å². The van der Waals surface area contributed by atoms with Gasteiger partial charge in [-0.2, -0.15) is 0 Å². The van der Waals surface area contributed by atoms with Crippen molar-refractivity contribution in [2.24, 2.45) is 0 Å². The number of fused-ring (bicyclic) bond motifs is 9. The van der Waals surface area contributed by atoms with Crippen LogP contribution < -0.4 is 0 Å². The number of para-hydroxylation sites is 5. The second-order valence-electron chi connectivity index (χ2n) is 17.8. The Morgan fingerprint density at radius 2 is 0.580 bits per heavy atom. The van der Waals surface area contributed by atoms with E-state index in [4.69, 9.17) is 9.97 Å². The van der Waals surface area contributed by atoms with Crippen molar-refractivity contribution in [3.8, 4) is 62.1 Å². The minimum atomic E-state index is 0.702. The van der Waals surface area contributed by atoms with Crippen molar-refractivity contribution in [3.63, 3.8) is 0 Å². The molecule has 0 unspecified atom stereocenters. The zero-order valence-electron chi connectivity index (χ0n) is 37.4. The SMILES string of the molecule is c1ccc(-c2cc(-c3ccc(-c4cc(-n5c6ccccc6c6ccccc65)cc(-n5c6ccccc6c6cc(-n7c8ccccc8c8ccccc87)ccc65)c4)cc3)nc(-c3ccccc3)n2)cc1. The smallest absolute Gasteiger partial charge is 0.160 e. The summed E-state index contributed by atoms with van der Waals surface area (Å²) in [5.74, 6) is 0.702. The molecule has 0 amide bonds. The third kappa shape index (κ3) is 6.32. The minimum Gasteiger partial charge on any atom is -0.309 e. The third-order valence-corrected chi connectivity index (χ3v) is 13.8. The molecule has 10 aromatic carbocycles. The van der Waals surface area contributed by atoms with E-state index < -0.39 is 0 Å². The van der Waals surface area contributed by atoms with E-state index in [9.17, 15) is 0 Å². The predicted molar refractivity (Wildman–Crippen MR) is 287 cm³/mol. The molecule has 0 atom stereocenters. The van der Waals surface area contributed by atoms with Gasteiger partial charge in [0.25, 0.3) is 0 Å². The van der Waals surface area contributed by atoms with Gasteiger partial charge in [-0.05, 0) is 83.9 Å². The van der Waals surface area contributed by atoms with Crippen molar-refractivity contribution in [2.45, 2.75) is 0 Å². The van der Waals surface area contributed by atoms with Gasteiger partial charge in [-0.25, -0.2) is 9.97 Å². The van der Waals surface area contributed by atoms with E-state index in [1.54, 1.807) is 0 Å². The molecule has 0 aliphatic rings. The second-order valence-corrected chi connectivity index (χ2v) is 17.8. The molecule has 4 heterocycles. The molecule has 0 saturated carbocycles. The van der Waals surface area contributed by atoms with E-state index >= 15 is 0 Å². The minimum absolute atomic E-state index is 0.702. The number of hydrogen-bond donors (Lipinski definition) is 0. The molecule has 0 N–H and O–H groups in total. The normalized spacial score (nSPS) is 11.8. The van der Waals surface area contributed by atoms with Crippen LogP contribution in [0.5, 0.6) is 0 Å². The molecule has 69 heavy (non-hydrogen) atoms. The van der Waals surface area contributed by atoms with Crippen molar-refractivity contribution in [3.05, 3.63) is 249 Å². The van der Waals surface area contributed by atoms with E-state index in [0.29, 0.717) is 5.82 Å². The molecular formula is C64H41N5. The van der Waals surface area contributed by atoms with Crippen LogP contribution in [0.3, 0.4) is 0 Å². The molecule has 14 rings (SSSR count). The summed E-state index contributed by atoms with van der Waals surface area (Å²) in [6.45, 7) is 0. The zero-order valence-corrected chi connectivity index (χ0v) is 37.4. The first kappa shape index (κ1) is 38.9. The molecule has 5 nitrogen and oxygen atoms in total. The van der Waals surface area contributed by atoms with Gasteiger partial charge in [-0.15, -0.1) is 0 Å². The maximum Gasteiger partial charge on any atom is 0.160 e. The van der Waals surface area contributed by atoms with Gasteiger partial charge >= 0.3 is 0 Å². The lowest BCUT2D eigenvalue weighted by Crippen LogP contribution is -2.00. The van der Waals surface area contributed by atoms with E-state index in [0.717, 1.165) is 67.3 Å². The van der Waals surface area contributed by atoms with Crippen LogP contribution in [0.1, 0.15) is 0 Å². The van der Waals surface area contributed by atoms with Crippen LogP contribution >= 0.6 is 0 Å². The topological polar surface area (TPSA) is 40.6 Å². The Morgan fingerprint density at radius 3 is 1.06 bits per heavy atom. The first-order valence-corrected chi connectivity index (χ1v) is 23.5. The van der Waals surface area contributed by atoms with Crippen LogP contribution in [0, 0.1) is 0 Å². The molecule has 0 saturated heterocycles. The largest absolute Gasteiger partial charge is 0.309 e. The molecule has 0 radical (unpaired) electrons. The summed E-state index contributed by atoms with van der Waals surface area (Å²) >= 11 is 0. The molecule has 4 aromatic heterocycles. The van der Waals surface area contributed by atoms with Gasteiger partial charge in [0.15, 0.2) is 5.82 Å². The predicted octanol–water partition coefficient (Wildman–Crippen LogP) is 16.4. The summed E-state index contributed by atoms with van der Waals surface area (Å²) in [7, 11) is 0. The van der Waals surface area contributed by atoms with Gasteiger partial charge in [0.1, 0.15) is 0 Å². The van der Waals surface area contributed by atoms with Crippen LogP contribution in [0.25, 0.3) is 128 Å². The molecule has 5 heteroatoms. The first-order chi connectivity index (χ1) is 34.2. The summed E-state index contributed by atoms with van der Waals surface area (Å²) in [5, 5.41) is 7.38. The van der Waals surface area contributed by atoms with E-state index in [1.807, 2.05) is 24.3 Å². The van der Waals surface area contributed by atoms with Crippen molar-refractivity contribution in [2.75, 3.05) is 0 Å². The third-order valence-electron chi connectivity index (χ3n) is 13.8. The van der Waals surface area contributed by atoms with Gasteiger partial charge < -0.3 is 13.7 Å². The molecule has 322 valence electrons. The lowest BCUT2D eigenvalue weighted by Gasteiger charge is -2.16. The molecule has 14 aromatic rings. The molecular weight excluding hydrogens is 839 g/mol. The fourth-order valence-corrected chi connectivity index (χ4v) is 10.7. The van der Waals surface area contributed by atoms with E-state index in [-0.39, 0.29) is 0 Å². The number of aromatic nitrogens is 5. The monoisotopic (exact) mass is 879 g/mol. The van der Waals surface area contributed by atoms with Crippen LogP contribution in [0.2, 0.25) is 0 Å². The van der Waals surface area contributed by atoms with Crippen molar-refractivity contribution in [1.29, 1.82) is 0 Å². The van der Waals surface area contributed by atoms with Gasteiger partial charge in [0, 0.05) is 66.1 Å². The number of hydrogen-bond acceptors (Lipinski definition) is 2. The van der Waals surface area contributed by atoms with E-state index in [1.165, 1.54) is 54.4 Å². The van der Waals surface area contributed by atoms with Crippen molar-refractivity contribution >= 4 is 65.4 Å². The lowest BCUT2D eigenvalue weighted by atomic mass is 10.0. The maximum absolute atomic E-state index is 5.15. The molecule has 0 fully saturated rings. The number of benzene rings is 10. The number of nitrogens with zero attached hydrogens (tertiary/aromatic N) is 5. The summed E-state index contributed by atoms with van der Waals surface area (Å²) in [4.78, 5) is 10.2. The van der Waals surface area contributed by atoms with Gasteiger partial charge in [0.2, 0.25) is 0 Å². The average molecular weight is 880 g/mol. The molecule has 0 aliphatic heterocycles. The Hall–Kier alpha value is -9.32. The fourth-order valence-electron chi connectivity index (χ4n) is 10.7. The molecule has 0 spiro atoms. The van der Waals surface area contributed by atoms with Gasteiger partial charge in [-0.1, -0.05) is 176 Å². The highest BCUT2D eigenvalue weighted by Gasteiger charge is 2.20. The fraction of sp³-hybridized carbons (Fsp3) is 0. The standard InChI is InChI=1S/C64H41N5/c1-3-17-43(18-4-1)56-41-57(66-64(65-56)45-19-5-2-6-20-45)44-33-31-42(32-34-44)46-37-48(68-60-28-14-9-23-52(60)53-24-10-15-29-61(53)68)39-49(38-46)69-62-30-16-11-25-54(62)55-40-47(35-36-63(55)69)67-58-26-12-7-21-50(58)51-22-8-13-27-59(51)67/h1-41H. The summed E-state index contributed by atoms with van der Waals surface area (Å²) < 4.78 is 7.29. The van der Waals surface area contributed by atoms with Crippen LogP contribution in [-0.2, 0) is 0 Å². The first-order valence-electron chi connectivity index (χ1n) is 23.5. The lowest BCUT2D eigenvalue weighted by molar-refractivity contribution is 1.13.